The molecule has 4 aliphatic rings. The van der Waals surface area contributed by atoms with Crippen LogP contribution in [-0.2, 0) is 31.9 Å². The first-order valence-electron chi connectivity index (χ1n) is 13.2. The lowest BCUT2D eigenvalue weighted by Gasteiger charge is -2.43. The minimum atomic E-state index is -0.502. The summed E-state index contributed by atoms with van der Waals surface area (Å²) < 4.78 is 10.8. The Kier molecular flexibility index (Phi) is 9.20. The summed E-state index contributed by atoms with van der Waals surface area (Å²) in [5.74, 6) is -0.170. The van der Waals surface area contributed by atoms with Gasteiger partial charge >= 0.3 is 0 Å². The average Bonchev–Trinajstić information content (AvgIpc) is 2.94. The number of nitrogens with one attached hydrogen (secondary N) is 2. The topological polar surface area (TPSA) is 83.1 Å². The van der Waals surface area contributed by atoms with Gasteiger partial charge in [-0.3, -0.25) is 14.5 Å². The SMILES string of the molecule is Clc1ccc(C[C@H]2CN3CCOC[C@H]3CN2)cc1.O=C1N[C@@H](Cc2ccc(Cl)cc2)C(=O)N2CCOC[C@@H]12. The van der Waals surface area contributed by atoms with Gasteiger partial charge in [0.1, 0.15) is 12.1 Å². The van der Waals surface area contributed by atoms with Crippen LogP contribution in [0, 0.1) is 0 Å². The Morgan fingerprint density at radius 1 is 0.842 bits per heavy atom. The summed E-state index contributed by atoms with van der Waals surface area (Å²) in [6, 6.07) is 15.6. The van der Waals surface area contributed by atoms with Crippen molar-refractivity contribution in [3.63, 3.8) is 0 Å². The lowest BCUT2D eigenvalue weighted by Crippen LogP contribution is -2.67. The molecule has 2 N–H and O–H groups in total. The first-order chi connectivity index (χ1) is 18.5. The van der Waals surface area contributed by atoms with E-state index < -0.39 is 12.1 Å². The normalized spacial score (nSPS) is 27.5. The molecule has 4 heterocycles. The van der Waals surface area contributed by atoms with Crippen LogP contribution in [0.1, 0.15) is 11.1 Å². The van der Waals surface area contributed by atoms with E-state index >= 15 is 0 Å². The van der Waals surface area contributed by atoms with Crippen molar-refractivity contribution in [1.29, 1.82) is 0 Å². The Morgan fingerprint density at radius 2 is 1.47 bits per heavy atom. The summed E-state index contributed by atoms with van der Waals surface area (Å²) in [6.45, 7) is 6.24. The Hall–Kier alpha value is -2.20. The quantitative estimate of drug-likeness (QED) is 0.596. The summed E-state index contributed by atoms with van der Waals surface area (Å²) in [6.07, 6.45) is 1.55. The van der Waals surface area contributed by atoms with Gasteiger partial charge < -0.3 is 25.0 Å². The van der Waals surface area contributed by atoms with Gasteiger partial charge in [-0.1, -0.05) is 47.5 Å². The highest BCUT2D eigenvalue weighted by Crippen LogP contribution is 2.19. The van der Waals surface area contributed by atoms with Gasteiger partial charge in [-0.2, -0.15) is 0 Å². The number of hydrogen-bond acceptors (Lipinski definition) is 6. The highest BCUT2D eigenvalue weighted by molar-refractivity contribution is 6.30. The van der Waals surface area contributed by atoms with E-state index in [1.165, 1.54) is 5.56 Å². The number of amides is 2. The zero-order valence-corrected chi connectivity index (χ0v) is 22.8. The van der Waals surface area contributed by atoms with E-state index in [2.05, 4.69) is 27.7 Å². The number of carbonyl (C=O) groups excluding carboxylic acids is 2. The van der Waals surface area contributed by atoms with Crippen LogP contribution < -0.4 is 10.6 Å². The fraction of sp³-hybridized carbons (Fsp3) is 0.500. The van der Waals surface area contributed by atoms with E-state index in [-0.39, 0.29) is 18.4 Å². The first kappa shape index (κ1) is 27.4. The highest BCUT2D eigenvalue weighted by Gasteiger charge is 2.42. The molecule has 6 rings (SSSR count). The molecule has 0 unspecified atom stereocenters. The smallest absolute Gasteiger partial charge is 0.246 e. The lowest BCUT2D eigenvalue weighted by molar-refractivity contribution is -0.157. The number of ether oxygens (including phenoxy) is 2. The molecule has 8 nitrogen and oxygen atoms in total. The number of benzene rings is 2. The minimum absolute atomic E-state index is 0.0344. The van der Waals surface area contributed by atoms with Crippen LogP contribution in [0.3, 0.4) is 0 Å². The summed E-state index contributed by atoms with van der Waals surface area (Å²) >= 11 is 11.7. The molecule has 0 spiro atoms. The largest absolute Gasteiger partial charge is 0.378 e. The number of piperazine rings is 2. The van der Waals surface area contributed by atoms with Crippen molar-refractivity contribution in [3.05, 3.63) is 69.7 Å². The van der Waals surface area contributed by atoms with Gasteiger partial charge in [0.2, 0.25) is 11.8 Å². The Labute approximate surface area is 233 Å². The summed E-state index contributed by atoms with van der Waals surface area (Å²) in [4.78, 5) is 28.6. The van der Waals surface area contributed by atoms with Gasteiger partial charge in [0.05, 0.1) is 26.4 Å². The molecule has 0 radical (unpaired) electrons. The number of halogens is 2. The predicted octanol–water partition coefficient (Wildman–Crippen LogP) is 2.16. The lowest BCUT2D eigenvalue weighted by atomic mass is 10.00. The van der Waals surface area contributed by atoms with Gasteiger partial charge in [0.25, 0.3) is 0 Å². The molecule has 2 aromatic carbocycles. The monoisotopic (exact) mass is 560 g/mol. The zero-order valence-electron chi connectivity index (χ0n) is 21.3. The molecule has 4 fully saturated rings. The van der Waals surface area contributed by atoms with E-state index in [0.29, 0.717) is 36.7 Å². The number of rotatable bonds is 4. The number of nitrogens with zero attached hydrogens (tertiary/aromatic N) is 2. The average molecular weight is 562 g/mol. The molecule has 204 valence electrons. The Bertz CT molecular complexity index is 1100. The maximum absolute atomic E-state index is 12.4. The summed E-state index contributed by atoms with van der Waals surface area (Å²) in [7, 11) is 0. The van der Waals surface area contributed by atoms with Crippen LogP contribution in [-0.4, -0.2) is 98.4 Å². The van der Waals surface area contributed by atoms with Gasteiger partial charge in [0.15, 0.2) is 0 Å². The van der Waals surface area contributed by atoms with Gasteiger partial charge in [-0.05, 0) is 41.8 Å². The second-order valence-corrected chi connectivity index (χ2v) is 11.0. The number of morpholine rings is 2. The number of hydrogen-bond donors (Lipinski definition) is 2. The summed E-state index contributed by atoms with van der Waals surface area (Å²) in [5.41, 5.74) is 2.32. The number of carbonyl (C=O) groups is 2. The Balaban J connectivity index is 0.000000156. The standard InChI is InChI=1S/C14H15ClN2O3.C14H19ClN2O/c15-10-3-1-9(2-4-10)7-11-14(19)17-5-6-20-8-12(17)13(18)16-11;15-12-3-1-11(2-4-12)7-13-9-17-5-6-18-10-14(17)8-16-13/h1-4,11-12H,5-8H2,(H,16,18);1-4,13-14,16H,5-10H2/t11-,12-;13-,14+/m00/s1. The van der Waals surface area contributed by atoms with Crippen LogP contribution >= 0.6 is 23.2 Å². The second-order valence-electron chi connectivity index (χ2n) is 10.2. The maximum Gasteiger partial charge on any atom is 0.246 e. The van der Waals surface area contributed by atoms with Crippen molar-refractivity contribution < 1.29 is 19.1 Å². The Morgan fingerprint density at radius 3 is 2.18 bits per heavy atom. The molecule has 0 aromatic heterocycles. The van der Waals surface area contributed by atoms with E-state index in [9.17, 15) is 9.59 Å². The molecular weight excluding hydrogens is 527 g/mol. The molecule has 4 atom stereocenters. The zero-order chi connectivity index (χ0) is 26.5. The molecule has 10 heteroatoms. The van der Waals surface area contributed by atoms with Crippen molar-refractivity contribution >= 4 is 35.0 Å². The van der Waals surface area contributed by atoms with E-state index in [4.69, 9.17) is 32.7 Å². The highest BCUT2D eigenvalue weighted by atomic mass is 35.5. The van der Waals surface area contributed by atoms with Gasteiger partial charge in [-0.15, -0.1) is 0 Å². The second kappa shape index (κ2) is 12.8. The molecule has 2 aromatic rings. The van der Waals surface area contributed by atoms with E-state index in [1.54, 1.807) is 17.0 Å². The van der Waals surface area contributed by atoms with Crippen LogP contribution in [0.4, 0.5) is 0 Å². The van der Waals surface area contributed by atoms with Crippen molar-refractivity contribution in [2.45, 2.75) is 37.0 Å². The van der Waals surface area contributed by atoms with E-state index in [1.807, 2.05) is 24.3 Å². The van der Waals surface area contributed by atoms with Crippen molar-refractivity contribution in [1.82, 2.24) is 20.4 Å². The molecule has 4 aliphatic heterocycles. The molecule has 2 amide bonds. The van der Waals surface area contributed by atoms with Gasteiger partial charge in [0, 0.05) is 54.7 Å². The third kappa shape index (κ3) is 6.86. The van der Waals surface area contributed by atoms with Crippen molar-refractivity contribution in [2.75, 3.05) is 52.6 Å². The molecule has 38 heavy (non-hydrogen) atoms. The molecule has 4 saturated heterocycles. The van der Waals surface area contributed by atoms with Crippen LogP contribution in [0.15, 0.2) is 48.5 Å². The van der Waals surface area contributed by atoms with Crippen LogP contribution in [0.5, 0.6) is 0 Å². The molecular formula is C28H34Cl2N4O4. The molecule has 0 saturated carbocycles. The fourth-order valence-electron chi connectivity index (χ4n) is 5.42. The van der Waals surface area contributed by atoms with Crippen LogP contribution in [0.2, 0.25) is 10.0 Å². The fourth-order valence-corrected chi connectivity index (χ4v) is 5.67. The minimum Gasteiger partial charge on any atom is -0.378 e. The van der Waals surface area contributed by atoms with Crippen LogP contribution in [0.25, 0.3) is 0 Å². The predicted molar refractivity (Wildman–Crippen MR) is 147 cm³/mol. The molecule has 0 bridgehead atoms. The third-order valence-electron chi connectivity index (χ3n) is 7.52. The number of fused-ring (bicyclic) bond motifs is 2. The van der Waals surface area contributed by atoms with E-state index in [0.717, 1.165) is 49.9 Å². The summed E-state index contributed by atoms with van der Waals surface area (Å²) in [5, 5.41) is 7.87. The molecule has 0 aliphatic carbocycles. The third-order valence-corrected chi connectivity index (χ3v) is 8.03. The van der Waals surface area contributed by atoms with Crippen molar-refractivity contribution in [2.24, 2.45) is 0 Å². The maximum atomic E-state index is 12.4. The first-order valence-corrected chi connectivity index (χ1v) is 13.9. The van der Waals surface area contributed by atoms with Crippen molar-refractivity contribution in [3.8, 4) is 0 Å². The van der Waals surface area contributed by atoms with Gasteiger partial charge in [-0.25, -0.2) is 0 Å².